The fourth-order valence-corrected chi connectivity index (χ4v) is 6.09. The van der Waals surface area contributed by atoms with Gasteiger partial charge in [-0.2, -0.15) is 0 Å². The molecule has 0 radical (unpaired) electrons. The van der Waals surface area contributed by atoms with Crippen molar-refractivity contribution in [1.29, 1.82) is 0 Å². The minimum Gasteiger partial charge on any atom is -0.319 e. The monoisotopic (exact) mass is 301 g/mol. The Hall–Kier alpha value is -0.560. The van der Waals surface area contributed by atoms with Crippen LogP contribution in [0, 0.1) is 28.6 Å². The van der Waals surface area contributed by atoms with Crippen LogP contribution in [-0.4, -0.2) is 13.6 Å². The van der Waals surface area contributed by atoms with Crippen LogP contribution in [0.2, 0.25) is 0 Å². The van der Waals surface area contributed by atoms with Crippen LogP contribution in [0.3, 0.4) is 0 Å². The highest BCUT2D eigenvalue weighted by Gasteiger charge is 2.53. The molecule has 1 fully saturated rings. The van der Waals surface area contributed by atoms with E-state index < -0.39 is 0 Å². The minimum atomic E-state index is 0.478. The fourth-order valence-electron chi connectivity index (χ4n) is 6.09. The summed E-state index contributed by atoms with van der Waals surface area (Å²) in [5.41, 5.74) is 4.36. The van der Waals surface area contributed by atoms with Crippen LogP contribution in [0.15, 0.2) is 23.3 Å². The van der Waals surface area contributed by atoms with Crippen LogP contribution in [0.4, 0.5) is 0 Å². The quantitative estimate of drug-likeness (QED) is 0.742. The van der Waals surface area contributed by atoms with E-state index in [0.717, 1.165) is 11.8 Å². The summed E-state index contributed by atoms with van der Waals surface area (Å²) in [6.07, 6.45) is 13.4. The number of allylic oxidation sites excluding steroid dienone is 4. The molecule has 0 aliphatic heterocycles. The highest BCUT2D eigenvalue weighted by Crippen LogP contribution is 2.61. The summed E-state index contributed by atoms with van der Waals surface area (Å²) in [4.78, 5) is 0. The molecule has 1 N–H and O–H groups in total. The van der Waals surface area contributed by atoms with Crippen molar-refractivity contribution in [3.05, 3.63) is 23.3 Å². The van der Waals surface area contributed by atoms with E-state index >= 15 is 0 Å². The van der Waals surface area contributed by atoms with Gasteiger partial charge in [0.25, 0.3) is 0 Å². The van der Waals surface area contributed by atoms with Gasteiger partial charge in [0.05, 0.1) is 0 Å². The molecule has 1 heteroatoms. The third-order valence-electron chi connectivity index (χ3n) is 7.28. The maximum Gasteiger partial charge on any atom is 0.000513 e. The summed E-state index contributed by atoms with van der Waals surface area (Å²) in [5.74, 6) is 2.38. The number of hydrogen-bond donors (Lipinski definition) is 1. The van der Waals surface area contributed by atoms with Crippen LogP contribution in [0.1, 0.15) is 66.2 Å². The van der Waals surface area contributed by atoms with Crippen LogP contribution < -0.4 is 5.32 Å². The molecular weight excluding hydrogens is 266 g/mol. The molecule has 1 unspecified atom stereocenters. The van der Waals surface area contributed by atoms with Crippen molar-refractivity contribution >= 4 is 0 Å². The summed E-state index contributed by atoms with van der Waals surface area (Å²) in [6, 6.07) is 0. The average molecular weight is 302 g/mol. The largest absolute Gasteiger partial charge is 0.319 e. The Morgan fingerprint density at radius 2 is 2.05 bits per heavy atom. The van der Waals surface area contributed by atoms with Gasteiger partial charge in [-0.15, -0.1) is 0 Å². The lowest BCUT2D eigenvalue weighted by Gasteiger charge is -2.58. The molecule has 0 aromatic carbocycles. The van der Waals surface area contributed by atoms with E-state index in [1.165, 1.54) is 45.1 Å². The Morgan fingerprint density at radius 1 is 1.27 bits per heavy atom. The molecule has 1 nitrogen and oxygen atoms in total. The molecule has 0 bridgehead atoms. The zero-order valence-electron chi connectivity index (χ0n) is 15.3. The normalized spacial score (nSPS) is 41.5. The van der Waals surface area contributed by atoms with E-state index in [2.05, 4.69) is 52.2 Å². The molecule has 0 aromatic heterocycles. The number of hydrogen-bond acceptors (Lipinski definition) is 1. The molecule has 0 heterocycles. The third kappa shape index (κ3) is 2.50. The summed E-state index contributed by atoms with van der Waals surface area (Å²) >= 11 is 0. The van der Waals surface area contributed by atoms with Crippen LogP contribution in [0.5, 0.6) is 0 Å². The number of fused-ring (bicyclic) bond motifs is 3. The van der Waals surface area contributed by atoms with Crippen molar-refractivity contribution in [2.75, 3.05) is 13.6 Å². The molecule has 3 aliphatic rings. The lowest BCUT2D eigenvalue weighted by Crippen LogP contribution is -2.52. The van der Waals surface area contributed by atoms with Gasteiger partial charge >= 0.3 is 0 Å². The van der Waals surface area contributed by atoms with Gasteiger partial charge in [-0.3, -0.25) is 0 Å². The molecule has 3 rings (SSSR count). The maximum atomic E-state index is 3.49. The van der Waals surface area contributed by atoms with Crippen LogP contribution in [0.25, 0.3) is 0 Å². The predicted molar refractivity (Wildman–Crippen MR) is 95.8 cm³/mol. The van der Waals surface area contributed by atoms with Gasteiger partial charge in [0.1, 0.15) is 0 Å². The van der Waals surface area contributed by atoms with E-state index in [1.807, 2.05) is 0 Å². The van der Waals surface area contributed by atoms with E-state index in [1.54, 1.807) is 11.1 Å². The molecule has 1 saturated carbocycles. The van der Waals surface area contributed by atoms with Crippen LogP contribution >= 0.6 is 0 Å². The third-order valence-corrected chi connectivity index (χ3v) is 7.28. The molecule has 22 heavy (non-hydrogen) atoms. The van der Waals surface area contributed by atoms with Crippen molar-refractivity contribution in [2.24, 2.45) is 28.6 Å². The number of nitrogens with one attached hydrogen (secondary N) is 1. The first-order valence-corrected chi connectivity index (χ1v) is 9.46. The Balaban J connectivity index is 1.94. The van der Waals surface area contributed by atoms with Gasteiger partial charge in [0, 0.05) is 6.54 Å². The topological polar surface area (TPSA) is 12.0 Å². The predicted octanol–water partition coefficient (Wildman–Crippen LogP) is 5.34. The molecule has 0 spiro atoms. The number of rotatable bonds is 3. The van der Waals surface area contributed by atoms with Gasteiger partial charge in [0.2, 0.25) is 0 Å². The fraction of sp³-hybridized carbons (Fsp3) is 0.810. The highest BCUT2D eigenvalue weighted by molar-refractivity contribution is 5.35. The summed E-state index contributed by atoms with van der Waals surface area (Å²) in [5, 5.41) is 3.49. The minimum absolute atomic E-state index is 0.478. The van der Waals surface area contributed by atoms with E-state index in [4.69, 9.17) is 0 Å². The van der Waals surface area contributed by atoms with Gasteiger partial charge in [-0.05, 0) is 73.3 Å². The zero-order valence-corrected chi connectivity index (χ0v) is 15.3. The Morgan fingerprint density at radius 3 is 2.73 bits per heavy atom. The summed E-state index contributed by atoms with van der Waals surface area (Å²) < 4.78 is 0. The van der Waals surface area contributed by atoms with Crippen molar-refractivity contribution in [1.82, 2.24) is 5.32 Å². The lowest BCUT2D eigenvalue weighted by molar-refractivity contribution is -0.0470. The first-order valence-electron chi connectivity index (χ1n) is 9.46. The summed E-state index contributed by atoms with van der Waals surface area (Å²) in [7, 11) is 2.12. The Kier molecular flexibility index (Phi) is 4.31. The molecule has 0 aromatic rings. The van der Waals surface area contributed by atoms with E-state index in [9.17, 15) is 0 Å². The average Bonchev–Trinajstić information content (AvgIpc) is 2.46. The lowest BCUT2D eigenvalue weighted by atomic mass is 9.47. The standard InChI is InChI=1S/C21H35N/c1-15(2)16-7-9-18-17(13-16)8-10-19-20(3,14-22-5)11-6-12-21(18,19)4/h8,13,15,18-19,22H,6-7,9-12,14H2,1-5H3/t18-,19?,20-,21-/m1/s1. The Bertz CT molecular complexity index is 482. The molecule has 3 aliphatic carbocycles. The van der Waals surface area contributed by atoms with Crippen molar-refractivity contribution in [3.63, 3.8) is 0 Å². The first kappa shape index (κ1) is 16.3. The molecule has 124 valence electrons. The zero-order chi connectivity index (χ0) is 16.0. The second-order valence-corrected chi connectivity index (χ2v) is 9.00. The van der Waals surface area contributed by atoms with Gasteiger partial charge in [-0.1, -0.05) is 51.8 Å². The van der Waals surface area contributed by atoms with Crippen LogP contribution in [-0.2, 0) is 0 Å². The van der Waals surface area contributed by atoms with Crippen molar-refractivity contribution in [3.8, 4) is 0 Å². The van der Waals surface area contributed by atoms with Crippen molar-refractivity contribution in [2.45, 2.75) is 66.2 Å². The smallest absolute Gasteiger partial charge is 0.000513 e. The first-order chi connectivity index (χ1) is 10.4. The Labute approximate surface area is 137 Å². The maximum absolute atomic E-state index is 3.49. The van der Waals surface area contributed by atoms with E-state index in [0.29, 0.717) is 16.7 Å². The molecule has 0 amide bonds. The van der Waals surface area contributed by atoms with Gasteiger partial charge in [0.15, 0.2) is 0 Å². The van der Waals surface area contributed by atoms with Crippen molar-refractivity contribution < 1.29 is 0 Å². The molecular formula is C21H35N. The second kappa shape index (κ2) is 5.82. The van der Waals surface area contributed by atoms with Gasteiger partial charge in [-0.25, -0.2) is 0 Å². The molecule has 0 saturated heterocycles. The SMILES string of the molecule is CNC[C@@]1(C)CCC[C@@]2(C)C1CC=C1C=C(C(C)C)CC[C@H]12. The van der Waals surface area contributed by atoms with E-state index in [-0.39, 0.29) is 0 Å². The van der Waals surface area contributed by atoms with Gasteiger partial charge < -0.3 is 5.32 Å². The second-order valence-electron chi connectivity index (χ2n) is 9.00. The summed E-state index contributed by atoms with van der Waals surface area (Å²) in [6.45, 7) is 11.0. The highest BCUT2D eigenvalue weighted by atomic mass is 14.8. The molecule has 4 atom stereocenters.